The number of ether oxygens (including phenoxy) is 1. The van der Waals surface area contributed by atoms with Gasteiger partial charge in [0, 0.05) is 30.6 Å². The largest absolute Gasteiger partial charge is 0.431 e. The van der Waals surface area contributed by atoms with E-state index in [0.717, 1.165) is 76.4 Å². The molecule has 5 fully saturated rings. The zero-order chi connectivity index (χ0) is 25.3. The first-order valence-corrected chi connectivity index (χ1v) is 14.1. The van der Waals surface area contributed by atoms with Gasteiger partial charge in [0.1, 0.15) is 0 Å². The third-order valence-corrected chi connectivity index (χ3v) is 12.0. The van der Waals surface area contributed by atoms with Crippen LogP contribution in [0.25, 0.3) is 0 Å². The molecular formula is C29H43NO6. The van der Waals surface area contributed by atoms with Crippen LogP contribution in [0.4, 0.5) is 0 Å². The Kier molecular flexibility index (Phi) is 6.01. The number of rotatable bonds is 3. The molecule has 0 aromatic carbocycles. The Labute approximate surface area is 213 Å². The second-order valence-electron chi connectivity index (χ2n) is 13.1. The second kappa shape index (κ2) is 8.63. The predicted molar refractivity (Wildman–Crippen MR) is 135 cm³/mol. The molecule has 1 aromatic rings. The molecule has 1 saturated heterocycles. The molecule has 7 nitrogen and oxygen atoms in total. The summed E-state index contributed by atoms with van der Waals surface area (Å²) in [6, 6.07) is 3.70. The van der Waals surface area contributed by atoms with Gasteiger partial charge in [-0.05, 0) is 92.6 Å². The molecule has 4 aliphatic carbocycles. The highest BCUT2D eigenvalue weighted by Gasteiger charge is 2.70. The summed E-state index contributed by atoms with van der Waals surface area (Å²) in [5.74, 6) is 0.663. The summed E-state index contributed by atoms with van der Waals surface area (Å²) in [6.45, 7) is 6.84. The van der Waals surface area contributed by atoms with Gasteiger partial charge in [-0.1, -0.05) is 13.8 Å². The summed E-state index contributed by atoms with van der Waals surface area (Å²) in [5.41, 5.74) is -1.27. The Hall–Kier alpha value is -1.25. The summed E-state index contributed by atoms with van der Waals surface area (Å²) in [5, 5.41) is 34.3. The fourth-order valence-electron chi connectivity index (χ4n) is 9.80. The lowest BCUT2D eigenvalue weighted by Crippen LogP contribution is -2.68. The normalized spacial score (nSPS) is 49.2. The summed E-state index contributed by atoms with van der Waals surface area (Å²) >= 11 is 0. The van der Waals surface area contributed by atoms with Crippen LogP contribution in [-0.2, 0) is 4.74 Å². The molecule has 7 heteroatoms. The van der Waals surface area contributed by atoms with E-state index in [0.29, 0.717) is 18.6 Å². The predicted octanol–water partition coefficient (Wildman–Crippen LogP) is 3.06. The van der Waals surface area contributed by atoms with Crippen LogP contribution < -0.4 is 5.63 Å². The van der Waals surface area contributed by atoms with Crippen LogP contribution in [0.3, 0.4) is 0 Å². The molecule has 1 unspecified atom stereocenters. The number of nitrogens with zero attached hydrogens (tertiary/aromatic N) is 1. The van der Waals surface area contributed by atoms with Crippen molar-refractivity contribution in [3.05, 3.63) is 34.4 Å². The quantitative estimate of drug-likeness (QED) is 0.585. The smallest absolute Gasteiger partial charge is 0.335 e. The number of hydrogen-bond acceptors (Lipinski definition) is 7. The van der Waals surface area contributed by atoms with E-state index in [4.69, 9.17) is 9.15 Å². The maximum atomic E-state index is 12.4. The molecule has 3 N–H and O–H groups in total. The minimum Gasteiger partial charge on any atom is -0.431 e. The third-order valence-electron chi connectivity index (χ3n) is 12.0. The van der Waals surface area contributed by atoms with E-state index in [2.05, 4.69) is 18.7 Å². The molecule has 4 saturated carbocycles. The van der Waals surface area contributed by atoms with Crippen LogP contribution in [0.15, 0.2) is 27.6 Å². The zero-order valence-corrected chi connectivity index (χ0v) is 21.8. The van der Waals surface area contributed by atoms with Crippen LogP contribution >= 0.6 is 0 Å². The average Bonchev–Trinajstić information content (AvgIpc) is 3.16. The van der Waals surface area contributed by atoms with E-state index in [1.165, 1.54) is 6.07 Å². The first-order valence-electron chi connectivity index (χ1n) is 14.1. The standard InChI is InChI=1S/C29H43NO6/c1-26-9-5-20(30-13-14-35-21(16-30)17-31)15-28(26,33)11-7-24-23(26)6-10-27(2)22(8-12-29(24,27)34)19-3-4-25(32)36-18-19/h3-4,18,20-24,31,33-34H,5-17H2,1-2H3/t20-,21?,22+,23-,24+,26+,27+,28-,29-/m0/s1. The molecular weight excluding hydrogens is 458 g/mol. The highest BCUT2D eigenvalue weighted by atomic mass is 16.5. The highest BCUT2D eigenvalue weighted by molar-refractivity contribution is 5.28. The van der Waals surface area contributed by atoms with Crippen LogP contribution in [0.5, 0.6) is 0 Å². The van der Waals surface area contributed by atoms with Gasteiger partial charge in [-0.15, -0.1) is 0 Å². The van der Waals surface area contributed by atoms with Crippen molar-refractivity contribution in [1.82, 2.24) is 4.90 Å². The molecule has 5 aliphatic rings. The molecule has 9 atom stereocenters. The summed E-state index contributed by atoms with van der Waals surface area (Å²) < 4.78 is 10.9. The Balaban J connectivity index is 1.24. The van der Waals surface area contributed by atoms with Crippen molar-refractivity contribution >= 4 is 0 Å². The van der Waals surface area contributed by atoms with Gasteiger partial charge >= 0.3 is 5.63 Å². The highest BCUT2D eigenvalue weighted by Crippen LogP contribution is 2.71. The molecule has 6 rings (SSSR count). The molecule has 0 radical (unpaired) electrons. The maximum absolute atomic E-state index is 12.4. The minimum atomic E-state index is -0.767. The summed E-state index contributed by atoms with van der Waals surface area (Å²) in [4.78, 5) is 14.0. The first-order chi connectivity index (χ1) is 17.1. The van der Waals surface area contributed by atoms with Crippen LogP contribution in [0, 0.1) is 22.7 Å². The minimum absolute atomic E-state index is 0.0441. The Morgan fingerprint density at radius 3 is 2.53 bits per heavy atom. The lowest BCUT2D eigenvalue weighted by atomic mass is 9.41. The fourth-order valence-corrected chi connectivity index (χ4v) is 9.80. The molecule has 200 valence electrons. The number of aliphatic hydroxyl groups excluding tert-OH is 1. The molecule has 1 aliphatic heterocycles. The monoisotopic (exact) mass is 501 g/mol. The van der Waals surface area contributed by atoms with Crippen LogP contribution in [0.2, 0.25) is 0 Å². The van der Waals surface area contributed by atoms with E-state index < -0.39 is 11.2 Å². The molecule has 2 heterocycles. The van der Waals surface area contributed by atoms with E-state index in [1.54, 1.807) is 6.26 Å². The first kappa shape index (κ1) is 25.1. The van der Waals surface area contributed by atoms with E-state index in [1.807, 2.05) is 6.07 Å². The topological polar surface area (TPSA) is 103 Å². The van der Waals surface area contributed by atoms with E-state index >= 15 is 0 Å². The van der Waals surface area contributed by atoms with E-state index in [-0.39, 0.29) is 41.0 Å². The Bertz CT molecular complexity index is 1020. The van der Waals surface area contributed by atoms with Gasteiger partial charge in [0.2, 0.25) is 0 Å². The van der Waals surface area contributed by atoms with Gasteiger partial charge in [0.15, 0.2) is 0 Å². The van der Waals surface area contributed by atoms with Crippen molar-refractivity contribution in [3.63, 3.8) is 0 Å². The molecule has 1 aromatic heterocycles. The Morgan fingerprint density at radius 1 is 1.00 bits per heavy atom. The van der Waals surface area contributed by atoms with Crippen LogP contribution in [-0.4, -0.2) is 69.9 Å². The van der Waals surface area contributed by atoms with Crippen molar-refractivity contribution < 1.29 is 24.5 Å². The molecule has 0 bridgehead atoms. The van der Waals surface area contributed by atoms with Crippen molar-refractivity contribution in [2.24, 2.45) is 22.7 Å². The van der Waals surface area contributed by atoms with Gasteiger partial charge in [0.25, 0.3) is 0 Å². The maximum Gasteiger partial charge on any atom is 0.335 e. The van der Waals surface area contributed by atoms with Crippen molar-refractivity contribution in [2.75, 3.05) is 26.3 Å². The fraction of sp³-hybridized carbons (Fsp3) is 0.828. The van der Waals surface area contributed by atoms with Gasteiger partial charge in [-0.2, -0.15) is 0 Å². The number of aliphatic hydroxyl groups is 3. The van der Waals surface area contributed by atoms with Crippen molar-refractivity contribution in [1.29, 1.82) is 0 Å². The SMILES string of the molecule is C[C@]12CC[C@H](N3CCOC(CO)C3)C[C@@]1(O)CC[C@@H]1[C@@H]2CC[C@]2(C)[C@@H](c3ccc(=O)oc3)CC[C@]12O. The summed E-state index contributed by atoms with van der Waals surface area (Å²) in [6.07, 6.45) is 9.45. The molecule has 0 amide bonds. The van der Waals surface area contributed by atoms with Gasteiger partial charge in [-0.3, -0.25) is 4.90 Å². The lowest BCUT2D eigenvalue weighted by molar-refractivity contribution is -0.252. The lowest BCUT2D eigenvalue weighted by Gasteiger charge is -2.66. The number of fused-ring (bicyclic) bond motifs is 5. The Morgan fingerprint density at radius 2 is 1.78 bits per heavy atom. The number of morpholine rings is 1. The molecule has 36 heavy (non-hydrogen) atoms. The van der Waals surface area contributed by atoms with Crippen LogP contribution in [0.1, 0.15) is 83.1 Å². The second-order valence-corrected chi connectivity index (χ2v) is 13.1. The third kappa shape index (κ3) is 3.46. The van der Waals surface area contributed by atoms with Gasteiger partial charge < -0.3 is 24.5 Å². The average molecular weight is 502 g/mol. The zero-order valence-electron chi connectivity index (χ0n) is 21.8. The van der Waals surface area contributed by atoms with Crippen molar-refractivity contribution in [3.8, 4) is 0 Å². The molecule has 0 spiro atoms. The van der Waals surface area contributed by atoms with Gasteiger partial charge in [0.05, 0.1) is 36.8 Å². The van der Waals surface area contributed by atoms with E-state index in [9.17, 15) is 20.1 Å². The summed E-state index contributed by atoms with van der Waals surface area (Å²) in [7, 11) is 0. The van der Waals surface area contributed by atoms with Crippen molar-refractivity contribution in [2.45, 2.75) is 101 Å². The van der Waals surface area contributed by atoms with Gasteiger partial charge in [-0.25, -0.2) is 4.79 Å². The number of hydrogen-bond donors (Lipinski definition) is 3.